The third-order valence-corrected chi connectivity index (χ3v) is 5.70. The highest BCUT2D eigenvalue weighted by molar-refractivity contribution is 5.88. The quantitative estimate of drug-likeness (QED) is 0.710. The number of H-pyrrole nitrogens is 1. The molecule has 1 fully saturated rings. The molecule has 1 aliphatic carbocycles. The highest BCUT2D eigenvalue weighted by Gasteiger charge is 2.26. The first-order chi connectivity index (χ1) is 13.7. The molecule has 28 heavy (non-hydrogen) atoms. The maximum atomic E-state index is 12.9. The van der Waals surface area contributed by atoms with Crippen LogP contribution in [0.1, 0.15) is 49.4 Å². The predicted octanol–water partition coefficient (Wildman–Crippen LogP) is 3.90. The van der Waals surface area contributed by atoms with Crippen LogP contribution in [0.3, 0.4) is 0 Å². The maximum Gasteiger partial charge on any atom is 0.272 e. The van der Waals surface area contributed by atoms with Crippen LogP contribution < -0.4 is 10.9 Å². The van der Waals surface area contributed by atoms with E-state index in [9.17, 15) is 9.59 Å². The fraction of sp³-hybridized carbons (Fsp3) is 0.348. The molecule has 2 N–H and O–H groups in total. The zero-order valence-corrected chi connectivity index (χ0v) is 15.9. The molecule has 0 aliphatic heterocycles. The lowest BCUT2D eigenvalue weighted by Crippen LogP contribution is -2.35. The van der Waals surface area contributed by atoms with E-state index >= 15 is 0 Å². The molecule has 1 aliphatic rings. The number of hydrogen-bond donors (Lipinski definition) is 2. The Bertz CT molecular complexity index is 1010. The molecule has 0 spiro atoms. The number of carbonyl (C=O) groups excluding carboxylic acids is 1. The number of aromatic nitrogens is 2. The van der Waals surface area contributed by atoms with Crippen molar-refractivity contribution < 1.29 is 4.79 Å². The average Bonchev–Trinajstić information content (AvgIpc) is 2.75. The summed E-state index contributed by atoms with van der Waals surface area (Å²) in [5.74, 6) is 0.393. The fourth-order valence-corrected chi connectivity index (χ4v) is 4.28. The van der Waals surface area contributed by atoms with Crippen LogP contribution in [-0.4, -0.2) is 16.1 Å². The van der Waals surface area contributed by atoms with Gasteiger partial charge in [-0.15, -0.1) is 0 Å². The van der Waals surface area contributed by atoms with Crippen molar-refractivity contribution >= 4 is 16.7 Å². The van der Waals surface area contributed by atoms with Crippen LogP contribution in [-0.2, 0) is 11.2 Å². The van der Waals surface area contributed by atoms with E-state index in [1.807, 2.05) is 36.4 Å². The van der Waals surface area contributed by atoms with Gasteiger partial charge in [0.1, 0.15) is 0 Å². The second-order valence-corrected chi connectivity index (χ2v) is 7.58. The standard InChI is InChI=1S/C23H25N3O2/c27-21(15-20-18-13-7-8-14-19(18)23(28)26-25-20)24-22(16-9-3-1-4-10-16)17-11-5-2-6-12-17/h1,3-4,7-10,13-14,17,22H,2,5-6,11-12,15H2,(H,24,27)(H,26,28). The van der Waals surface area contributed by atoms with Crippen molar-refractivity contribution in [3.05, 3.63) is 76.2 Å². The summed E-state index contributed by atoms with van der Waals surface area (Å²) < 4.78 is 0. The van der Waals surface area contributed by atoms with Gasteiger partial charge in [0, 0.05) is 5.39 Å². The summed E-state index contributed by atoms with van der Waals surface area (Å²) in [6.45, 7) is 0. The van der Waals surface area contributed by atoms with E-state index in [1.165, 1.54) is 19.3 Å². The van der Waals surface area contributed by atoms with Crippen LogP contribution in [0.4, 0.5) is 0 Å². The van der Waals surface area contributed by atoms with E-state index in [0.717, 1.165) is 23.8 Å². The average molecular weight is 375 g/mol. The lowest BCUT2D eigenvalue weighted by Gasteiger charge is -2.31. The van der Waals surface area contributed by atoms with Gasteiger partial charge in [-0.25, -0.2) is 5.10 Å². The molecule has 3 aromatic rings. The van der Waals surface area contributed by atoms with Gasteiger partial charge in [0.2, 0.25) is 5.91 Å². The first-order valence-corrected chi connectivity index (χ1v) is 10.0. The van der Waals surface area contributed by atoms with Gasteiger partial charge in [0.25, 0.3) is 5.56 Å². The number of hydrogen-bond acceptors (Lipinski definition) is 3. The molecule has 1 saturated carbocycles. The number of nitrogens with zero attached hydrogens (tertiary/aromatic N) is 1. The smallest absolute Gasteiger partial charge is 0.272 e. The molecule has 1 heterocycles. The third-order valence-electron chi connectivity index (χ3n) is 5.70. The topological polar surface area (TPSA) is 74.8 Å². The Morgan fingerprint density at radius 1 is 1.00 bits per heavy atom. The molecule has 1 aromatic heterocycles. The van der Waals surface area contributed by atoms with Gasteiger partial charge in [0.15, 0.2) is 0 Å². The molecule has 144 valence electrons. The minimum Gasteiger partial charge on any atom is -0.349 e. The van der Waals surface area contributed by atoms with Crippen molar-refractivity contribution in [3.8, 4) is 0 Å². The number of aromatic amines is 1. The van der Waals surface area contributed by atoms with Gasteiger partial charge in [-0.2, -0.15) is 5.10 Å². The highest BCUT2D eigenvalue weighted by atomic mass is 16.1. The van der Waals surface area contributed by atoms with Crippen molar-refractivity contribution in [1.29, 1.82) is 0 Å². The minimum atomic E-state index is -0.232. The van der Waals surface area contributed by atoms with E-state index in [2.05, 4.69) is 27.6 Å². The molecule has 1 atom stereocenters. The Morgan fingerprint density at radius 3 is 2.43 bits per heavy atom. The summed E-state index contributed by atoms with van der Waals surface area (Å²) in [5, 5.41) is 11.2. The van der Waals surface area contributed by atoms with Gasteiger partial charge < -0.3 is 5.32 Å². The van der Waals surface area contributed by atoms with E-state index in [1.54, 1.807) is 6.07 Å². The lowest BCUT2D eigenvalue weighted by atomic mass is 9.81. The summed E-state index contributed by atoms with van der Waals surface area (Å²) in [7, 11) is 0. The number of fused-ring (bicyclic) bond motifs is 1. The van der Waals surface area contributed by atoms with Gasteiger partial charge in [-0.3, -0.25) is 9.59 Å². The summed E-state index contributed by atoms with van der Waals surface area (Å²) in [6, 6.07) is 17.5. The van der Waals surface area contributed by atoms with Crippen LogP contribution in [0.2, 0.25) is 0 Å². The van der Waals surface area contributed by atoms with Crippen molar-refractivity contribution in [3.63, 3.8) is 0 Å². The highest BCUT2D eigenvalue weighted by Crippen LogP contribution is 2.34. The fourth-order valence-electron chi connectivity index (χ4n) is 4.28. The Balaban J connectivity index is 1.57. The van der Waals surface area contributed by atoms with Crippen LogP contribution in [0.25, 0.3) is 10.8 Å². The third kappa shape index (κ3) is 3.98. The van der Waals surface area contributed by atoms with E-state index in [0.29, 0.717) is 17.0 Å². The van der Waals surface area contributed by atoms with E-state index in [4.69, 9.17) is 0 Å². The molecule has 0 bridgehead atoms. The van der Waals surface area contributed by atoms with Gasteiger partial charge in [-0.05, 0) is 30.4 Å². The first-order valence-electron chi connectivity index (χ1n) is 10.0. The van der Waals surface area contributed by atoms with Crippen LogP contribution >= 0.6 is 0 Å². The van der Waals surface area contributed by atoms with Gasteiger partial charge >= 0.3 is 0 Å². The Hall–Kier alpha value is -2.95. The molecular weight excluding hydrogens is 350 g/mol. The zero-order chi connectivity index (χ0) is 19.3. The van der Waals surface area contributed by atoms with Crippen molar-refractivity contribution in [2.45, 2.75) is 44.6 Å². The second-order valence-electron chi connectivity index (χ2n) is 7.58. The second kappa shape index (κ2) is 8.38. The van der Waals surface area contributed by atoms with Crippen molar-refractivity contribution in [2.75, 3.05) is 0 Å². The van der Waals surface area contributed by atoms with E-state index in [-0.39, 0.29) is 23.9 Å². The molecule has 2 aromatic carbocycles. The summed E-state index contributed by atoms with van der Waals surface area (Å²) in [4.78, 5) is 24.9. The van der Waals surface area contributed by atoms with Gasteiger partial charge in [-0.1, -0.05) is 67.8 Å². The predicted molar refractivity (Wildman–Crippen MR) is 110 cm³/mol. The lowest BCUT2D eigenvalue weighted by molar-refractivity contribution is -0.121. The Kier molecular flexibility index (Phi) is 5.51. The Morgan fingerprint density at radius 2 is 1.68 bits per heavy atom. The molecule has 1 unspecified atom stereocenters. The van der Waals surface area contributed by atoms with E-state index < -0.39 is 0 Å². The normalized spacial score (nSPS) is 16.0. The summed E-state index contributed by atoms with van der Waals surface area (Å²) in [5.41, 5.74) is 1.52. The number of amides is 1. The minimum absolute atomic E-state index is 0.0167. The van der Waals surface area contributed by atoms with Crippen LogP contribution in [0.5, 0.6) is 0 Å². The Labute approximate surface area is 164 Å². The van der Waals surface area contributed by atoms with Crippen LogP contribution in [0, 0.1) is 5.92 Å². The summed E-state index contributed by atoms with van der Waals surface area (Å²) >= 11 is 0. The number of rotatable bonds is 5. The van der Waals surface area contributed by atoms with Crippen LogP contribution in [0.15, 0.2) is 59.4 Å². The number of carbonyl (C=O) groups is 1. The maximum absolute atomic E-state index is 12.9. The molecular formula is C23H25N3O2. The largest absolute Gasteiger partial charge is 0.349 e. The SMILES string of the molecule is O=C(Cc1n[nH]c(=O)c2ccccc12)NC(c1ccccc1)C1CCCCC1. The molecule has 4 rings (SSSR count). The molecule has 5 nitrogen and oxygen atoms in total. The zero-order valence-electron chi connectivity index (χ0n) is 15.9. The molecule has 1 amide bonds. The number of benzene rings is 2. The molecule has 0 radical (unpaired) electrons. The van der Waals surface area contributed by atoms with Crippen molar-refractivity contribution in [1.82, 2.24) is 15.5 Å². The first kappa shape index (κ1) is 18.4. The number of nitrogens with one attached hydrogen (secondary N) is 2. The summed E-state index contributed by atoms with van der Waals surface area (Å²) in [6.07, 6.45) is 6.14. The van der Waals surface area contributed by atoms with Crippen molar-refractivity contribution in [2.24, 2.45) is 5.92 Å². The monoisotopic (exact) mass is 375 g/mol. The molecule has 0 saturated heterocycles. The van der Waals surface area contributed by atoms with Gasteiger partial charge in [0.05, 0.1) is 23.5 Å². The molecule has 5 heteroatoms.